The van der Waals surface area contributed by atoms with Crippen molar-refractivity contribution in [2.24, 2.45) is 0 Å². The average Bonchev–Trinajstić information content (AvgIpc) is 3.54. The van der Waals surface area contributed by atoms with E-state index in [1.807, 2.05) is 11.0 Å². The maximum atomic E-state index is 14.0. The van der Waals surface area contributed by atoms with Gasteiger partial charge in [-0.2, -0.15) is 0 Å². The summed E-state index contributed by atoms with van der Waals surface area (Å²) in [4.78, 5) is 19.1. The van der Waals surface area contributed by atoms with Gasteiger partial charge < -0.3 is 9.80 Å². The first-order chi connectivity index (χ1) is 13.6. The molecular weight excluding hydrogens is 360 g/mol. The highest BCUT2D eigenvalue weighted by atomic mass is 19.1. The quantitative estimate of drug-likeness (QED) is 0.764. The Morgan fingerprint density at radius 1 is 0.964 bits per heavy atom. The van der Waals surface area contributed by atoms with E-state index in [2.05, 4.69) is 9.80 Å². The molecule has 6 heteroatoms. The van der Waals surface area contributed by atoms with Crippen molar-refractivity contribution in [1.29, 1.82) is 0 Å². The van der Waals surface area contributed by atoms with E-state index in [-0.39, 0.29) is 23.6 Å². The van der Waals surface area contributed by atoms with Crippen LogP contribution in [0.1, 0.15) is 18.4 Å². The summed E-state index contributed by atoms with van der Waals surface area (Å²) in [7, 11) is 0. The summed E-state index contributed by atoms with van der Waals surface area (Å²) < 4.78 is 27.1. The van der Waals surface area contributed by atoms with Crippen molar-refractivity contribution in [3.05, 3.63) is 65.7 Å². The first kappa shape index (κ1) is 18.9. The third-order valence-corrected chi connectivity index (χ3v) is 5.53. The Labute approximate surface area is 164 Å². The van der Waals surface area contributed by atoms with Crippen LogP contribution in [-0.2, 0) is 11.3 Å². The van der Waals surface area contributed by atoms with Gasteiger partial charge in [-0.1, -0.05) is 18.2 Å². The summed E-state index contributed by atoms with van der Waals surface area (Å²) in [6.07, 6.45) is 2.00. The third-order valence-electron chi connectivity index (χ3n) is 5.53. The number of carbonyl (C=O) groups excluding carboxylic acids is 1. The number of amides is 1. The van der Waals surface area contributed by atoms with Gasteiger partial charge in [-0.25, -0.2) is 8.78 Å². The molecule has 0 N–H and O–H groups in total. The molecule has 1 saturated heterocycles. The second-order valence-electron chi connectivity index (χ2n) is 7.58. The lowest BCUT2D eigenvalue weighted by molar-refractivity contribution is -0.133. The van der Waals surface area contributed by atoms with Gasteiger partial charge in [0.1, 0.15) is 11.6 Å². The van der Waals surface area contributed by atoms with Gasteiger partial charge in [-0.3, -0.25) is 9.69 Å². The second-order valence-corrected chi connectivity index (χ2v) is 7.58. The van der Waals surface area contributed by atoms with Gasteiger partial charge >= 0.3 is 0 Å². The maximum Gasteiger partial charge on any atom is 0.237 e. The summed E-state index contributed by atoms with van der Waals surface area (Å²) in [6.45, 7) is 3.86. The Balaban J connectivity index is 1.33. The van der Waals surface area contributed by atoms with Crippen molar-refractivity contribution in [3.63, 3.8) is 0 Å². The lowest BCUT2D eigenvalue weighted by Crippen LogP contribution is -2.50. The molecule has 0 atom stereocenters. The van der Waals surface area contributed by atoms with E-state index in [0.29, 0.717) is 18.7 Å². The van der Waals surface area contributed by atoms with Crippen molar-refractivity contribution >= 4 is 11.6 Å². The molecule has 0 spiro atoms. The number of anilines is 1. The van der Waals surface area contributed by atoms with E-state index in [4.69, 9.17) is 0 Å². The molecule has 0 aromatic heterocycles. The van der Waals surface area contributed by atoms with Crippen molar-refractivity contribution in [2.75, 3.05) is 37.6 Å². The Hall–Kier alpha value is -2.47. The Morgan fingerprint density at radius 2 is 1.64 bits per heavy atom. The molecule has 1 saturated carbocycles. The van der Waals surface area contributed by atoms with Gasteiger partial charge in [0.25, 0.3) is 0 Å². The van der Waals surface area contributed by atoms with E-state index in [1.165, 1.54) is 18.2 Å². The zero-order valence-corrected chi connectivity index (χ0v) is 15.9. The summed E-state index contributed by atoms with van der Waals surface area (Å²) >= 11 is 0. The minimum absolute atomic E-state index is 0.0704. The van der Waals surface area contributed by atoms with Crippen molar-refractivity contribution < 1.29 is 13.6 Å². The van der Waals surface area contributed by atoms with Crippen LogP contribution in [0.5, 0.6) is 0 Å². The molecule has 28 heavy (non-hydrogen) atoms. The Morgan fingerprint density at radius 3 is 2.29 bits per heavy atom. The van der Waals surface area contributed by atoms with Crippen LogP contribution in [0.15, 0.2) is 48.5 Å². The minimum Gasteiger partial charge on any atom is -0.369 e. The molecule has 1 aliphatic carbocycles. The fraction of sp³-hybridized carbons (Fsp3) is 0.409. The van der Waals surface area contributed by atoms with Gasteiger partial charge in [0.2, 0.25) is 5.91 Å². The summed E-state index contributed by atoms with van der Waals surface area (Å²) in [5.74, 6) is -0.419. The Kier molecular flexibility index (Phi) is 5.57. The lowest BCUT2D eigenvalue weighted by atomic mass is 10.2. The zero-order valence-electron chi connectivity index (χ0n) is 15.9. The van der Waals surface area contributed by atoms with Crippen LogP contribution in [0.4, 0.5) is 14.5 Å². The van der Waals surface area contributed by atoms with Crippen molar-refractivity contribution in [3.8, 4) is 0 Å². The van der Waals surface area contributed by atoms with Gasteiger partial charge in [0.15, 0.2) is 0 Å². The molecule has 4 nitrogen and oxygen atoms in total. The maximum absolute atomic E-state index is 14.0. The largest absolute Gasteiger partial charge is 0.369 e. The molecule has 2 aromatic carbocycles. The predicted molar refractivity (Wildman–Crippen MR) is 105 cm³/mol. The first-order valence-electron chi connectivity index (χ1n) is 9.86. The molecular formula is C22H25F2N3O. The van der Waals surface area contributed by atoms with Crippen LogP contribution in [0.2, 0.25) is 0 Å². The topological polar surface area (TPSA) is 26.8 Å². The van der Waals surface area contributed by atoms with Gasteiger partial charge in [-0.15, -0.1) is 0 Å². The number of rotatable bonds is 6. The SMILES string of the molecule is O=C(CN1CCN(c2ccc(F)cc2)CC1)N(Cc1ccccc1F)C1CC1. The number of benzene rings is 2. The number of hydrogen-bond acceptors (Lipinski definition) is 3. The normalized spacial score (nSPS) is 17.6. The molecule has 2 fully saturated rings. The standard InChI is InChI=1S/C22H25F2N3O/c23-18-5-7-19(8-6-18)26-13-11-25(12-14-26)16-22(28)27(20-9-10-20)15-17-3-1-2-4-21(17)24/h1-8,20H,9-16H2. The van der Waals surface area contributed by atoms with E-state index >= 15 is 0 Å². The molecule has 0 bridgehead atoms. The highest BCUT2D eigenvalue weighted by molar-refractivity contribution is 5.79. The molecule has 2 aromatic rings. The highest BCUT2D eigenvalue weighted by Gasteiger charge is 2.34. The zero-order chi connectivity index (χ0) is 19.5. The summed E-state index contributed by atoms with van der Waals surface area (Å²) in [5.41, 5.74) is 1.58. The lowest BCUT2D eigenvalue weighted by Gasteiger charge is -2.36. The van der Waals surface area contributed by atoms with E-state index in [1.54, 1.807) is 24.3 Å². The Bertz CT molecular complexity index is 815. The third kappa shape index (κ3) is 4.50. The number of hydrogen-bond donors (Lipinski definition) is 0. The van der Waals surface area contributed by atoms with Crippen molar-refractivity contribution in [2.45, 2.75) is 25.4 Å². The molecule has 0 unspecified atom stereocenters. The molecule has 1 amide bonds. The van der Waals surface area contributed by atoms with E-state index in [9.17, 15) is 13.6 Å². The van der Waals surface area contributed by atoms with Crippen LogP contribution in [-0.4, -0.2) is 54.5 Å². The van der Waals surface area contributed by atoms with Crippen LogP contribution in [0, 0.1) is 11.6 Å². The first-order valence-corrected chi connectivity index (χ1v) is 9.86. The smallest absolute Gasteiger partial charge is 0.237 e. The fourth-order valence-corrected chi connectivity index (χ4v) is 3.72. The van der Waals surface area contributed by atoms with Gasteiger partial charge in [0.05, 0.1) is 6.54 Å². The summed E-state index contributed by atoms with van der Waals surface area (Å²) in [5, 5.41) is 0. The van der Waals surface area contributed by atoms with E-state index < -0.39 is 0 Å². The fourth-order valence-electron chi connectivity index (χ4n) is 3.72. The molecule has 148 valence electrons. The highest BCUT2D eigenvalue weighted by Crippen LogP contribution is 2.29. The van der Waals surface area contributed by atoms with Crippen LogP contribution < -0.4 is 4.90 Å². The number of halogens is 2. The average molecular weight is 385 g/mol. The molecule has 2 aliphatic rings. The van der Waals surface area contributed by atoms with Gasteiger partial charge in [-0.05, 0) is 43.2 Å². The van der Waals surface area contributed by atoms with Gasteiger partial charge in [0, 0.05) is 50.0 Å². The number of piperazine rings is 1. The van der Waals surface area contributed by atoms with E-state index in [0.717, 1.165) is 44.7 Å². The summed E-state index contributed by atoms with van der Waals surface area (Å²) in [6, 6.07) is 13.4. The molecule has 1 aliphatic heterocycles. The van der Waals surface area contributed by atoms with Crippen LogP contribution in [0.25, 0.3) is 0 Å². The number of carbonyl (C=O) groups is 1. The van der Waals surface area contributed by atoms with Crippen LogP contribution in [0.3, 0.4) is 0 Å². The second kappa shape index (κ2) is 8.27. The monoisotopic (exact) mass is 385 g/mol. The van der Waals surface area contributed by atoms with Crippen molar-refractivity contribution in [1.82, 2.24) is 9.80 Å². The molecule has 0 radical (unpaired) electrons. The molecule has 4 rings (SSSR count). The predicted octanol–water partition coefficient (Wildman–Crippen LogP) is 3.28. The minimum atomic E-state index is -0.256. The van der Waals surface area contributed by atoms with Crippen LogP contribution >= 0.6 is 0 Å². The number of nitrogens with zero attached hydrogens (tertiary/aromatic N) is 3. The molecule has 1 heterocycles.